The first-order valence-electron chi connectivity index (χ1n) is 8.86. The van der Waals surface area contributed by atoms with Crippen LogP contribution in [-0.2, 0) is 11.2 Å². The van der Waals surface area contributed by atoms with Crippen molar-refractivity contribution in [2.24, 2.45) is 0 Å². The smallest absolute Gasteiger partial charge is 0.237 e. The maximum absolute atomic E-state index is 12.5. The minimum Gasteiger partial charge on any atom is -0.495 e. The fraction of sp³-hybridized carbons (Fsp3) is 0.238. The second-order valence-electron chi connectivity index (χ2n) is 6.37. The normalized spacial score (nSPS) is 11.9. The number of carbonyl (C=O) groups excluding carboxylic acids is 1. The predicted molar refractivity (Wildman–Crippen MR) is 115 cm³/mol. The second kappa shape index (κ2) is 9.17. The number of aromatic nitrogens is 2. The van der Waals surface area contributed by atoms with Crippen LogP contribution in [-0.4, -0.2) is 28.2 Å². The number of anilines is 1. The number of halogens is 1. The number of nitrogens with one attached hydrogen (secondary N) is 2. The molecule has 0 aliphatic carbocycles. The molecule has 1 heterocycles. The number of aryl methyl sites for hydroxylation is 1. The molecule has 0 aliphatic heterocycles. The lowest BCUT2D eigenvalue weighted by molar-refractivity contribution is -0.115. The van der Waals surface area contributed by atoms with Crippen molar-refractivity contribution in [1.82, 2.24) is 9.97 Å². The molecule has 28 heavy (non-hydrogen) atoms. The summed E-state index contributed by atoms with van der Waals surface area (Å²) < 4.78 is 5.13. The zero-order valence-electron chi connectivity index (χ0n) is 16.0. The topological polar surface area (TPSA) is 67.0 Å². The van der Waals surface area contributed by atoms with Crippen molar-refractivity contribution < 1.29 is 9.53 Å². The van der Waals surface area contributed by atoms with E-state index < -0.39 is 0 Å². The molecular formula is C21H22ClN3O2S. The molecule has 0 bridgehead atoms. The number of benzene rings is 2. The second-order valence-corrected chi connectivity index (χ2v) is 8.11. The highest BCUT2D eigenvalue weighted by Crippen LogP contribution is 2.28. The monoisotopic (exact) mass is 415 g/mol. The van der Waals surface area contributed by atoms with Crippen LogP contribution in [0.2, 0.25) is 5.02 Å². The Labute approximate surface area is 173 Å². The summed E-state index contributed by atoms with van der Waals surface area (Å²) >= 11 is 7.50. The van der Waals surface area contributed by atoms with Crippen LogP contribution in [0.1, 0.15) is 23.9 Å². The summed E-state index contributed by atoms with van der Waals surface area (Å²) in [6.45, 7) is 3.85. The SMILES string of the molecule is COc1ccc(NC(=O)C(C)Sc2nc(Cc3ccccc3)c(C)[nH]2)cc1Cl. The Morgan fingerprint density at radius 3 is 2.71 bits per heavy atom. The number of thioether (sulfide) groups is 1. The van der Waals surface area contributed by atoms with Crippen molar-refractivity contribution >= 4 is 35.0 Å². The first-order chi connectivity index (χ1) is 13.5. The first kappa shape index (κ1) is 20.3. The van der Waals surface area contributed by atoms with E-state index in [1.54, 1.807) is 25.3 Å². The number of hydrogen-bond acceptors (Lipinski definition) is 4. The van der Waals surface area contributed by atoms with Crippen LogP contribution in [0.4, 0.5) is 5.69 Å². The minimum atomic E-state index is -0.323. The third kappa shape index (κ3) is 5.09. The van der Waals surface area contributed by atoms with E-state index in [1.165, 1.54) is 17.3 Å². The van der Waals surface area contributed by atoms with E-state index in [4.69, 9.17) is 16.3 Å². The molecule has 0 spiro atoms. The number of H-pyrrole nitrogens is 1. The van der Waals surface area contributed by atoms with Crippen molar-refractivity contribution in [2.75, 3.05) is 12.4 Å². The Morgan fingerprint density at radius 1 is 1.29 bits per heavy atom. The van der Waals surface area contributed by atoms with Gasteiger partial charge >= 0.3 is 0 Å². The highest BCUT2D eigenvalue weighted by Gasteiger charge is 2.18. The number of amides is 1. The summed E-state index contributed by atoms with van der Waals surface area (Å²) in [7, 11) is 1.55. The van der Waals surface area contributed by atoms with Crippen molar-refractivity contribution in [3.05, 3.63) is 70.5 Å². The van der Waals surface area contributed by atoms with Gasteiger partial charge in [0, 0.05) is 17.8 Å². The molecule has 5 nitrogen and oxygen atoms in total. The Kier molecular flexibility index (Phi) is 6.65. The lowest BCUT2D eigenvalue weighted by Crippen LogP contribution is -2.22. The van der Waals surface area contributed by atoms with Gasteiger partial charge in [0.2, 0.25) is 5.91 Å². The fourth-order valence-corrected chi connectivity index (χ4v) is 3.83. The molecule has 7 heteroatoms. The number of ether oxygens (including phenoxy) is 1. The highest BCUT2D eigenvalue weighted by molar-refractivity contribution is 8.00. The zero-order valence-corrected chi connectivity index (χ0v) is 17.5. The number of methoxy groups -OCH3 is 1. The molecule has 0 radical (unpaired) electrons. The van der Waals surface area contributed by atoms with Crippen LogP contribution in [0.5, 0.6) is 5.75 Å². The average molecular weight is 416 g/mol. The van der Waals surface area contributed by atoms with E-state index in [-0.39, 0.29) is 11.2 Å². The van der Waals surface area contributed by atoms with Crippen LogP contribution >= 0.6 is 23.4 Å². The van der Waals surface area contributed by atoms with E-state index in [2.05, 4.69) is 27.4 Å². The molecule has 2 N–H and O–H groups in total. The Balaban J connectivity index is 1.62. The van der Waals surface area contributed by atoms with Gasteiger partial charge in [0.1, 0.15) is 5.75 Å². The Hall–Kier alpha value is -2.44. The van der Waals surface area contributed by atoms with E-state index in [9.17, 15) is 4.79 Å². The number of imidazole rings is 1. The van der Waals surface area contributed by atoms with Gasteiger partial charge in [-0.1, -0.05) is 53.7 Å². The van der Waals surface area contributed by atoms with Crippen LogP contribution < -0.4 is 10.1 Å². The molecule has 3 rings (SSSR count). The molecule has 3 aromatic rings. The summed E-state index contributed by atoms with van der Waals surface area (Å²) in [4.78, 5) is 20.5. The van der Waals surface area contributed by atoms with E-state index >= 15 is 0 Å². The van der Waals surface area contributed by atoms with Gasteiger partial charge in [-0.3, -0.25) is 4.79 Å². The van der Waals surface area contributed by atoms with Crippen molar-refractivity contribution in [3.63, 3.8) is 0 Å². The summed E-state index contributed by atoms with van der Waals surface area (Å²) in [6.07, 6.45) is 0.759. The molecule has 0 saturated carbocycles. The fourth-order valence-electron chi connectivity index (χ4n) is 2.69. The van der Waals surface area contributed by atoms with Crippen LogP contribution in [0.25, 0.3) is 0 Å². The summed E-state index contributed by atoms with van der Waals surface area (Å²) in [5.41, 5.74) is 3.84. The Bertz CT molecular complexity index is 960. The van der Waals surface area contributed by atoms with E-state index in [0.29, 0.717) is 16.5 Å². The lowest BCUT2D eigenvalue weighted by atomic mass is 10.1. The van der Waals surface area contributed by atoms with Gasteiger partial charge in [0.05, 0.1) is 23.1 Å². The van der Waals surface area contributed by atoms with Crippen LogP contribution in [0.15, 0.2) is 53.7 Å². The first-order valence-corrected chi connectivity index (χ1v) is 10.1. The van der Waals surface area contributed by atoms with Crippen molar-refractivity contribution in [3.8, 4) is 5.75 Å². The van der Waals surface area contributed by atoms with Crippen molar-refractivity contribution in [2.45, 2.75) is 30.7 Å². The minimum absolute atomic E-state index is 0.120. The van der Waals surface area contributed by atoms with Gasteiger partial charge in [-0.05, 0) is 37.6 Å². The van der Waals surface area contributed by atoms with Crippen LogP contribution in [0, 0.1) is 6.92 Å². The molecule has 0 aliphatic rings. The largest absolute Gasteiger partial charge is 0.495 e. The Morgan fingerprint density at radius 2 is 2.04 bits per heavy atom. The molecular weight excluding hydrogens is 394 g/mol. The number of aromatic amines is 1. The number of rotatable bonds is 7. The molecule has 1 amide bonds. The third-order valence-corrected chi connectivity index (χ3v) is 5.53. The summed E-state index contributed by atoms with van der Waals surface area (Å²) in [5.74, 6) is 0.448. The zero-order chi connectivity index (χ0) is 20.1. The maximum Gasteiger partial charge on any atom is 0.237 e. The van der Waals surface area contributed by atoms with Gasteiger partial charge in [-0.15, -0.1) is 0 Å². The molecule has 0 fully saturated rings. The van der Waals surface area contributed by atoms with Crippen molar-refractivity contribution in [1.29, 1.82) is 0 Å². The maximum atomic E-state index is 12.5. The van der Waals surface area contributed by atoms with Gasteiger partial charge < -0.3 is 15.0 Å². The van der Waals surface area contributed by atoms with E-state index in [0.717, 1.165) is 23.0 Å². The summed E-state index contributed by atoms with van der Waals surface area (Å²) in [5, 5.41) is 3.74. The quantitative estimate of drug-likeness (QED) is 0.527. The molecule has 0 saturated heterocycles. The standard InChI is InChI=1S/C21H22ClN3O2S/c1-13-18(11-15-7-5-4-6-8-15)25-21(23-13)28-14(2)20(26)24-16-9-10-19(27-3)17(22)12-16/h4-10,12,14H,11H2,1-3H3,(H,23,25)(H,24,26). The number of nitrogens with zero attached hydrogens (tertiary/aromatic N) is 1. The molecule has 1 unspecified atom stereocenters. The summed E-state index contributed by atoms with van der Waals surface area (Å²) in [6, 6.07) is 15.4. The van der Waals surface area contributed by atoms with Gasteiger partial charge in [0.15, 0.2) is 5.16 Å². The number of carbonyl (C=O) groups is 1. The molecule has 1 atom stereocenters. The number of hydrogen-bond donors (Lipinski definition) is 2. The van der Waals surface area contributed by atoms with Crippen LogP contribution in [0.3, 0.4) is 0 Å². The lowest BCUT2D eigenvalue weighted by Gasteiger charge is -2.11. The highest BCUT2D eigenvalue weighted by atomic mass is 35.5. The predicted octanol–water partition coefficient (Wildman–Crippen LogP) is 5.09. The van der Waals surface area contributed by atoms with Gasteiger partial charge in [-0.2, -0.15) is 0 Å². The third-order valence-electron chi connectivity index (χ3n) is 4.26. The molecule has 2 aromatic carbocycles. The van der Waals surface area contributed by atoms with E-state index in [1.807, 2.05) is 32.0 Å². The average Bonchev–Trinajstić information content (AvgIpc) is 3.01. The van der Waals surface area contributed by atoms with Gasteiger partial charge in [-0.25, -0.2) is 4.98 Å². The van der Waals surface area contributed by atoms with Gasteiger partial charge in [0.25, 0.3) is 0 Å². The molecule has 146 valence electrons. The molecule has 1 aromatic heterocycles.